The molecule has 0 radical (unpaired) electrons. The highest BCUT2D eigenvalue weighted by atomic mass is 16.5. The smallest absolute Gasteiger partial charge is 0.253 e. The number of carbonyl (C=O) groups is 2. The zero-order chi connectivity index (χ0) is 34.7. The van der Waals surface area contributed by atoms with E-state index in [-0.39, 0.29) is 23.9 Å². The number of benzene rings is 1. The van der Waals surface area contributed by atoms with Crippen molar-refractivity contribution in [1.82, 2.24) is 25.6 Å². The number of nitrogens with one attached hydrogen (secondary N) is 2. The molecule has 3 aromatic heterocycles. The zero-order valence-corrected chi connectivity index (χ0v) is 29.2. The Hall–Kier alpha value is -4.79. The van der Waals surface area contributed by atoms with Crippen molar-refractivity contribution in [2.75, 3.05) is 0 Å². The van der Waals surface area contributed by atoms with Crippen molar-refractivity contribution in [3.63, 3.8) is 0 Å². The molecule has 262 valence electrons. The van der Waals surface area contributed by atoms with Crippen LogP contribution < -0.4 is 20.1 Å². The number of hydrogen-bond acceptors (Lipinski definition) is 7. The molecule has 9 heteroatoms. The number of aromatic nitrogens is 3. The standard InChI is InChI=1S/C41H49N5O4/c1-28(30-7-4-3-5-8-30)45-40(47)34-16-18-37(44-25-34)27-50-39-10-6-9-33(23-39)32-13-11-31(12-14-32)29(2)46-41(48)35-15-17-36(43-24-35)26-49-38-19-21-42-22-20-38/h6,9-10,15-25,28-32H,3-5,7-8,11-14,26-27H2,1-2H3,(H,45,47)(H,46,48). The van der Waals surface area contributed by atoms with Crippen molar-refractivity contribution in [2.24, 2.45) is 11.8 Å². The molecule has 1 aromatic carbocycles. The summed E-state index contributed by atoms with van der Waals surface area (Å²) >= 11 is 0. The quantitative estimate of drug-likeness (QED) is 0.149. The molecule has 0 spiro atoms. The normalized spacial score (nSPS) is 19.2. The third kappa shape index (κ3) is 9.67. The lowest BCUT2D eigenvalue weighted by Gasteiger charge is -2.33. The van der Waals surface area contributed by atoms with Gasteiger partial charge >= 0.3 is 0 Å². The van der Waals surface area contributed by atoms with Crippen molar-refractivity contribution >= 4 is 11.8 Å². The monoisotopic (exact) mass is 675 g/mol. The lowest BCUT2D eigenvalue weighted by molar-refractivity contribution is 0.0909. The van der Waals surface area contributed by atoms with Gasteiger partial charge in [-0.05, 0) is 124 Å². The molecule has 2 fully saturated rings. The second-order valence-corrected chi connectivity index (χ2v) is 13.9. The predicted octanol–water partition coefficient (Wildman–Crippen LogP) is 7.82. The van der Waals surface area contributed by atoms with Gasteiger partial charge in [0.25, 0.3) is 11.8 Å². The van der Waals surface area contributed by atoms with Gasteiger partial charge in [0.2, 0.25) is 0 Å². The summed E-state index contributed by atoms with van der Waals surface area (Å²) in [5.41, 5.74) is 3.95. The number of nitrogens with zero attached hydrogens (tertiary/aromatic N) is 3. The van der Waals surface area contributed by atoms with Gasteiger partial charge in [0.05, 0.1) is 22.5 Å². The van der Waals surface area contributed by atoms with Gasteiger partial charge in [-0.15, -0.1) is 0 Å². The van der Waals surface area contributed by atoms with Crippen LogP contribution in [0.5, 0.6) is 11.5 Å². The summed E-state index contributed by atoms with van der Waals surface area (Å²) in [6.45, 7) is 4.89. The lowest BCUT2D eigenvalue weighted by Crippen LogP contribution is -2.39. The van der Waals surface area contributed by atoms with Crippen molar-refractivity contribution in [3.05, 3.63) is 114 Å². The first-order valence-corrected chi connectivity index (χ1v) is 18.2. The van der Waals surface area contributed by atoms with Gasteiger partial charge in [0.15, 0.2) is 0 Å². The number of rotatable bonds is 13. The first kappa shape index (κ1) is 35.1. The van der Waals surface area contributed by atoms with Crippen molar-refractivity contribution in [3.8, 4) is 11.5 Å². The Bertz CT molecular complexity index is 1670. The number of carbonyl (C=O) groups excluding carboxylic acids is 2. The maximum atomic E-state index is 13.0. The Morgan fingerprint density at radius 2 is 1.24 bits per heavy atom. The van der Waals surface area contributed by atoms with E-state index in [2.05, 4.69) is 57.6 Å². The predicted molar refractivity (Wildman–Crippen MR) is 193 cm³/mol. The topological polar surface area (TPSA) is 115 Å². The minimum Gasteiger partial charge on any atom is -0.487 e. The van der Waals surface area contributed by atoms with Crippen molar-refractivity contribution in [2.45, 2.75) is 103 Å². The molecular formula is C41H49N5O4. The number of amides is 2. The Morgan fingerprint density at radius 1 is 0.680 bits per heavy atom. The number of pyridine rings is 3. The summed E-state index contributed by atoms with van der Waals surface area (Å²) < 4.78 is 11.9. The first-order valence-electron chi connectivity index (χ1n) is 18.2. The van der Waals surface area contributed by atoms with Gasteiger partial charge in [-0.1, -0.05) is 31.4 Å². The van der Waals surface area contributed by atoms with Gasteiger partial charge in [-0.25, -0.2) is 0 Å². The summed E-state index contributed by atoms with van der Waals surface area (Å²) in [5, 5.41) is 6.38. The van der Waals surface area contributed by atoms with E-state index in [0.29, 0.717) is 42.1 Å². The largest absolute Gasteiger partial charge is 0.487 e. The van der Waals surface area contributed by atoms with E-state index >= 15 is 0 Å². The van der Waals surface area contributed by atoms with E-state index in [9.17, 15) is 9.59 Å². The molecule has 4 aromatic rings. The molecule has 2 aliphatic rings. The summed E-state index contributed by atoms with van der Waals surface area (Å²) in [5.74, 6) is 2.82. The van der Waals surface area contributed by atoms with Crippen LogP contribution in [0.25, 0.3) is 0 Å². The molecule has 0 bridgehead atoms. The summed E-state index contributed by atoms with van der Waals surface area (Å²) in [6, 6.07) is 19.5. The van der Waals surface area contributed by atoms with Crippen LogP contribution in [0.3, 0.4) is 0 Å². The van der Waals surface area contributed by atoms with Crippen LogP contribution in [0.1, 0.15) is 115 Å². The van der Waals surface area contributed by atoms with Crippen LogP contribution in [-0.2, 0) is 13.2 Å². The minimum absolute atomic E-state index is 0.0611. The van der Waals surface area contributed by atoms with Gasteiger partial charge in [-0.3, -0.25) is 24.5 Å². The van der Waals surface area contributed by atoms with Gasteiger partial charge in [0.1, 0.15) is 24.7 Å². The highest BCUT2D eigenvalue weighted by molar-refractivity contribution is 5.94. The molecule has 2 aliphatic carbocycles. The summed E-state index contributed by atoms with van der Waals surface area (Å²) in [4.78, 5) is 38.7. The van der Waals surface area contributed by atoms with Gasteiger partial charge in [0, 0.05) is 36.9 Å². The molecule has 50 heavy (non-hydrogen) atoms. The molecular weight excluding hydrogens is 626 g/mol. The molecule has 3 heterocycles. The highest BCUT2D eigenvalue weighted by Gasteiger charge is 2.27. The molecule has 0 aliphatic heterocycles. The SMILES string of the molecule is CC(NC(=O)c1ccc(COc2cccc(C3CCC(C(C)NC(=O)c4ccc(COc5ccncc5)nc4)CC3)c2)nc1)C1CCCCC1. The second-order valence-electron chi connectivity index (χ2n) is 13.9. The molecule has 6 rings (SSSR count). The zero-order valence-electron chi connectivity index (χ0n) is 29.2. The van der Waals surface area contributed by atoms with E-state index in [1.807, 2.05) is 24.3 Å². The average molecular weight is 676 g/mol. The molecule has 2 saturated carbocycles. The Labute approximate surface area is 295 Å². The van der Waals surface area contributed by atoms with Crippen LogP contribution in [0.15, 0.2) is 85.5 Å². The van der Waals surface area contributed by atoms with Gasteiger partial charge < -0.3 is 20.1 Å². The fraction of sp³-hybridized carbons (Fsp3) is 0.439. The first-order chi connectivity index (χ1) is 24.4. The van der Waals surface area contributed by atoms with Crippen LogP contribution in [0.4, 0.5) is 0 Å². The summed E-state index contributed by atoms with van der Waals surface area (Å²) in [6.07, 6.45) is 17.0. The third-order valence-electron chi connectivity index (χ3n) is 10.5. The molecule has 9 nitrogen and oxygen atoms in total. The molecule has 2 amide bonds. The minimum atomic E-state index is -0.102. The van der Waals surface area contributed by atoms with E-state index < -0.39 is 0 Å². The van der Waals surface area contributed by atoms with Crippen LogP contribution in [-0.4, -0.2) is 38.8 Å². The molecule has 0 saturated heterocycles. The van der Waals surface area contributed by atoms with Crippen LogP contribution >= 0.6 is 0 Å². The van der Waals surface area contributed by atoms with E-state index in [1.54, 1.807) is 43.0 Å². The molecule has 2 unspecified atom stereocenters. The van der Waals surface area contributed by atoms with E-state index in [4.69, 9.17) is 9.47 Å². The lowest BCUT2D eigenvalue weighted by atomic mass is 9.76. The fourth-order valence-electron chi connectivity index (χ4n) is 7.30. The Morgan fingerprint density at radius 3 is 1.80 bits per heavy atom. The van der Waals surface area contributed by atoms with Crippen molar-refractivity contribution < 1.29 is 19.1 Å². The second kappa shape index (κ2) is 17.2. The Kier molecular flexibility index (Phi) is 12.1. The highest BCUT2D eigenvalue weighted by Crippen LogP contribution is 2.38. The molecule has 2 N–H and O–H groups in total. The number of ether oxygens (including phenoxy) is 2. The summed E-state index contributed by atoms with van der Waals surface area (Å²) in [7, 11) is 0. The maximum absolute atomic E-state index is 13.0. The average Bonchev–Trinajstić information content (AvgIpc) is 3.17. The Balaban J connectivity index is 0.925. The van der Waals surface area contributed by atoms with E-state index in [1.165, 1.54) is 37.7 Å². The fourth-order valence-corrected chi connectivity index (χ4v) is 7.30. The molecule has 2 atom stereocenters. The van der Waals surface area contributed by atoms with Crippen LogP contribution in [0.2, 0.25) is 0 Å². The van der Waals surface area contributed by atoms with Crippen LogP contribution in [0, 0.1) is 11.8 Å². The third-order valence-corrected chi connectivity index (χ3v) is 10.5. The van der Waals surface area contributed by atoms with E-state index in [0.717, 1.165) is 48.6 Å². The number of hydrogen-bond donors (Lipinski definition) is 2. The van der Waals surface area contributed by atoms with Crippen molar-refractivity contribution in [1.29, 1.82) is 0 Å². The maximum Gasteiger partial charge on any atom is 0.253 e. The van der Waals surface area contributed by atoms with Gasteiger partial charge in [-0.2, -0.15) is 0 Å².